The number of hydrogen-bond donors (Lipinski definition) is 1. The lowest BCUT2D eigenvalue weighted by Gasteiger charge is -2.42. The van der Waals surface area contributed by atoms with Crippen LogP contribution < -0.4 is 0 Å². The molecule has 0 aromatic carbocycles. The van der Waals surface area contributed by atoms with Crippen LogP contribution in [0.2, 0.25) is 0 Å². The molecule has 3 aliphatic heterocycles. The maximum Gasteiger partial charge on any atom is 0.128 e. The maximum atomic E-state index is 9.10. The fraction of sp³-hybridized carbons (Fsp3) is 0.417. The van der Waals surface area contributed by atoms with Crippen molar-refractivity contribution in [3.05, 3.63) is 29.9 Å². The molecule has 84 valence electrons. The molecule has 1 N–H and O–H groups in total. The standard InChI is InChI=1S/C12H14N2O2/c15-13-12-9-3-5-14(6-4-9)11(12)8-10-2-1-7-16-10/h1-2,7-9,15H,3-6H2/b11-8-,13-12?. The minimum absolute atomic E-state index is 0.413. The second-order valence-electron chi connectivity index (χ2n) is 4.29. The van der Waals surface area contributed by atoms with E-state index < -0.39 is 0 Å². The molecule has 4 heterocycles. The van der Waals surface area contributed by atoms with Crippen molar-refractivity contribution in [1.82, 2.24) is 4.90 Å². The summed E-state index contributed by atoms with van der Waals surface area (Å²) in [6.07, 6.45) is 5.79. The molecule has 4 nitrogen and oxygen atoms in total. The van der Waals surface area contributed by atoms with Gasteiger partial charge in [-0.05, 0) is 25.0 Å². The van der Waals surface area contributed by atoms with E-state index in [1.165, 1.54) is 0 Å². The van der Waals surface area contributed by atoms with Crippen LogP contribution in [0, 0.1) is 5.92 Å². The molecule has 2 bridgehead atoms. The summed E-state index contributed by atoms with van der Waals surface area (Å²) in [5, 5.41) is 12.6. The summed E-state index contributed by atoms with van der Waals surface area (Å²) in [5.41, 5.74) is 1.83. The monoisotopic (exact) mass is 218 g/mol. The van der Waals surface area contributed by atoms with Gasteiger partial charge in [-0.2, -0.15) is 0 Å². The van der Waals surface area contributed by atoms with Gasteiger partial charge >= 0.3 is 0 Å². The molecule has 0 radical (unpaired) electrons. The van der Waals surface area contributed by atoms with Crippen LogP contribution >= 0.6 is 0 Å². The van der Waals surface area contributed by atoms with Crippen molar-refractivity contribution in [1.29, 1.82) is 0 Å². The Balaban J connectivity index is 1.99. The van der Waals surface area contributed by atoms with Crippen LogP contribution in [0.25, 0.3) is 6.08 Å². The first kappa shape index (κ1) is 9.51. The molecule has 4 heteroatoms. The van der Waals surface area contributed by atoms with Crippen molar-refractivity contribution in [2.45, 2.75) is 12.8 Å². The number of oxime groups is 1. The quantitative estimate of drug-likeness (QED) is 0.580. The molecule has 1 aromatic heterocycles. The van der Waals surface area contributed by atoms with E-state index >= 15 is 0 Å². The van der Waals surface area contributed by atoms with Gasteiger partial charge in [-0.15, -0.1) is 0 Å². The zero-order valence-corrected chi connectivity index (χ0v) is 8.97. The molecule has 0 aliphatic carbocycles. The normalized spacial score (nSPS) is 25.9. The summed E-state index contributed by atoms with van der Waals surface area (Å²) >= 11 is 0. The summed E-state index contributed by atoms with van der Waals surface area (Å²) < 4.78 is 5.30. The second-order valence-corrected chi connectivity index (χ2v) is 4.29. The molecule has 1 aromatic rings. The minimum Gasteiger partial charge on any atom is -0.465 e. The smallest absolute Gasteiger partial charge is 0.128 e. The van der Waals surface area contributed by atoms with Gasteiger partial charge in [0.05, 0.1) is 12.0 Å². The SMILES string of the molecule is ON=C1/C(=C/c2ccco2)N2CCC1CC2. The number of furan rings is 1. The number of hydrogen-bond acceptors (Lipinski definition) is 4. The predicted octanol–water partition coefficient (Wildman–Crippen LogP) is 2.18. The summed E-state index contributed by atoms with van der Waals surface area (Å²) in [6, 6.07) is 3.77. The van der Waals surface area contributed by atoms with E-state index in [2.05, 4.69) is 10.1 Å². The van der Waals surface area contributed by atoms with Gasteiger partial charge in [-0.1, -0.05) is 5.16 Å². The van der Waals surface area contributed by atoms with Crippen molar-refractivity contribution in [2.24, 2.45) is 11.1 Å². The molecule has 16 heavy (non-hydrogen) atoms. The van der Waals surface area contributed by atoms with Crippen molar-refractivity contribution in [2.75, 3.05) is 13.1 Å². The van der Waals surface area contributed by atoms with Gasteiger partial charge in [0, 0.05) is 25.1 Å². The summed E-state index contributed by atoms with van der Waals surface area (Å²) in [7, 11) is 0. The van der Waals surface area contributed by atoms with E-state index in [4.69, 9.17) is 9.62 Å². The molecule has 0 unspecified atom stereocenters. The predicted molar refractivity (Wildman–Crippen MR) is 60.2 cm³/mol. The molecule has 4 rings (SSSR count). The first-order valence-corrected chi connectivity index (χ1v) is 5.61. The summed E-state index contributed by atoms with van der Waals surface area (Å²) in [5.74, 6) is 1.22. The van der Waals surface area contributed by atoms with Gasteiger partial charge in [0.25, 0.3) is 0 Å². The fourth-order valence-corrected chi connectivity index (χ4v) is 2.57. The van der Waals surface area contributed by atoms with Crippen LogP contribution in [0.15, 0.2) is 33.7 Å². The average molecular weight is 218 g/mol. The van der Waals surface area contributed by atoms with Crippen LogP contribution in [0.5, 0.6) is 0 Å². The lowest BCUT2D eigenvalue weighted by atomic mass is 9.84. The Morgan fingerprint density at radius 3 is 2.88 bits per heavy atom. The number of nitrogens with zero attached hydrogens (tertiary/aromatic N) is 2. The number of piperidine rings is 3. The Hall–Kier alpha value is -1.71. The van der Waals surface area contributed by atoms with Crippen molar-refractivity contribution >= 4 is 11.8 Å². The average Bonchev–Trinajstić information content (AvgIpc) is 2.83. The van der Waals surface area contributed by atoms with E-state index in [1.807, 2.05) is 18.2 Å². The van der Waals surface area contributed by atoms with Gasteiger partial charge in [0.2, 0.25) is 0 Å². The first-order chi connectivity index (χ1) is 7.88. The van der Waals surface area contributed by atoms with Crippen LogP contribution in [-0.2, 0) is 0 Å². The zero-order chi connectivity index (χ0) is 11.0. The van der Waals surface area contributed by atoms with E-state index in [9.17, 15) is 0 Å². The van der Waals surface area contributed by atoms with Crippen LogP contribution in [0.1, 0.15) is 18.6 Å². The third-order valence-corrected chi connectivity index (χ3v) is 3.41. The van der Waals surface area contributed by atoms with Crippen LogP contribution in [0.3, 0.4) is 0 Å². The molecule has 0 spiro atoms. The van der Waals surface area contributed by atoms with Crippen molar-refractivity contribution in [3.63, 3.8) is 0 Å². The van der Waals surface area contributed by atoms with Crippen molar-refractivity contribution in [3.8, 4) is 0 Å². The van der Waals surface area contributed by atoms with Gasteiger partial charge in [0.1, 0.15) is 11.5 Å². The largest absolute Gasteiger partial charge is 0.465 e. The minimum atomic E-state index is 0.413. The van der Waals surface area contributed by atoms with E-state index in [1.54, 1.807) is 6.26 Å². The Morgan fingerprint density at radius 1 is 1.44 bits per heavy atom. The topological polar surface area (TPSA) is 49.0 Å². The Kier molecular flexibility index (Phi) is 2.20. The second kappa shape index (κ2) is 3.70. The van der Waals surface area contributed by atoms with E-state index in [0.29, 0.717) is 5.92 Å². The first-order valence-electron chi connectivity index (χ1n) is 5.61. The number of rotatable bonds is 1. The summed E-state index contributed by atoms with van der Waals surface area (Å²) in [6.45, 7) is 2.10. The molecule has 3 saturated heterocycles. The highest BCUT2D eigenvalue weighted by Crippen LogP contribution is 2.33. The molecule has 3 aliphatic rings. The molecular weight excluding hydrogens is 204 g/mol. The molecule has 0 atom stereocenters. The Morgan fingerprint density at radius 2 is 2.25 bits per heavy atom. The van der Waals surface area contributed by atoms with Gasteiger partial charge < -0.3 is 14.5 Å². The molecular formula is C12H14N2O2. The highest BCUT2D eigenvalue weighted by Gasteiger charge is 2.35. The number of fused-ring (bicyclic) bond motifs is 3. The summed E-state index contributed by atoms with van der Waals surface area (Å²) in [4.78, 5) is 2.26. The Bertz CT molecular complexity index is 426. The lowest BCUT2D eigenvalue weighted by molar-refractivity contribution is 0.229. The van der Waals surface area contributed by atoms with E-state index in [-0.39, 0.29) is 0 Å². The third-order valence-electron chi connectivity index (χ3n) is 3.41. The third kappa shape index (κ3) is 1.41. The molecule has 3 fully saturated rings. The highest BCUT2D eigenvalue weighted by atomic mass is 16.4. The lowest BCUT2D eigenvalue weighted by Crippen LogP contribution is -2.46. The van der Waals surface area contributed by atoms with Crippen LogP contribution in [0.4, 0.5) is 0 Å². The zero-order valence-electron chi connectivity index (χ0n) is 8.97. The highest BCUT2D eigenvalue weighted by molar-refractivity contribution is 6.05. The number of allylic oxidation sites excluding steroid dienone is 1. The molecule has 0 amide bonds. The van der Waals surface area contributed by atoms with Crippen LogP contribution in [-0.4, -0.2) is 28.9 Å². The van der Waals surface area contributed by atoms with Gasteiger partial charge in [0.15, 0.2) is 0 Å². The van der Waals surface area contributed by atoms with Gasteiger partial charge in [-0.25, -0.2) is 0 Å². The van der Waals surface area contributed by atoms with Crippen molar-refractivity contribution < 1.29 is 9.62 Å². The van der Waals surface area contributed by atoms with E-state index in [0.717, 1.165) is 43.1 Å². The Labute approximate surface area is 93.8 Å². The van der Waals surface area contributed by atoms with Gasteiger partial charge in [-0.3, -0.25) is 0 Å². The maximum absolute atomic E-state index is 9.10. The molecule has 0 saturated carbocycles. The fourth-order valence-electron chi connectivity index (χ4n) is 2.57.